The zero-order valence-electron chi connectivity index (χ0n) is 4.71. The topological polar surface area (TPSA) is 0 Å². The van der Waals surface area contributed by atoms with Crippen molar-refractivity contribution in [1.29, 1.82) is 0 Å². The first-order valence-corrected chi connectivity index (χ1v) is 13.7. The Balaban J connectivity index is 5.68. The minimum absolute atomic E-state index is 1.12. The molecule has 10 heavy (non-hydrogen) atoms. The van der Waals surface area contributed by atoms with Crippen LogP contribution in [0.4, 0.5) is 0 Å². The van der Waals surface area contributed by atoms with Crippen LogP contribution in [-0.2, 0) is 85.6 Å². The van der Waals surface area contributed by atoms with Crippen molar-refractivity contribution in [1.82, 2.24) is 0 Å². The monoisotopic (exact) mass is 304 g/mol. The Hall–Kier alpha value is 2.37. The van der Waals surface area contributed by atoms with E-state index in [2.05, 4.69) is 0 Å². The Morgan fingerprint density at radius 3 is 1.30 bits per heavy atom. The lowest BCUT2D eigenvalue weighted by molar-refractivity contribution is 2.53. The van der Waals surface area contributed by atoms with Crippen molar-refractivity contribution in [2.45, 2.75) is 0 Å². The second kappa shape index (κ2) is 4.05. The maximum Gasteiger partial charge on any atom is 0.0223 e. The van der Waals surface area contributed by atoms with Crippen LogP contribution in [0.2, 0.25) is 0 Å². The molecule has 0 spiro atoms. The summed E-state index contributed by atoms with van der Waals surface area (Å²) in [6.07, 6.45) is 0.0355. The van der Waals surface area contributed by atoms with Crippen molar-refractivity contribution < 1.29 is 0 Å². The Morgan fingerprint density at radius 2 is 1.30 bits per heavy atom. The molecule has 0 unspecified atom stereocenters. The lowest BCUT2D eigenvalue weighted by Gasteiger charge is -2.06. The highest BCUT2D eigenvalue weighted by molar-refractivity contribution is 9.33. The molecule has 0 aliphatic heterocycles. The quantitative estimate of drug-likeness (QED) is 0.554. The third-order valence-electron chi connectivity index (χ3n) is 0.565. The lowest BCUT2D eigenvalue weighted by atomic mass is 12.0. The van der Waals surface area contributed by atoms with Gasteiger partial charge in [-0.05, 0) is 80.4 Å². The normalized spacial score (nSPS) is 13.8. The fourth-order valence-corrected chi connectivity index (χ4v) is 17.0. The minimum atomic E-state index is -1.84. The summed E-state index contributed by atoms with van der Waals surface area (Å²) in [4.78, 5) is 0. The molecule has 62 valence electrons. The summed E-state index contributed by atoms with van der Waals surface area (Å²) in [6.45, 7) is 0. The first-order chi connectivity index (χ1) is 4.19. The number of thiol groups is 1. The van der Waals surface area contributed by atoms with Gasteiger partial charge < -0.3 is 0 Å². The zero-order valence-corrected chi connectivity index (χ0v) is 12.1. The van der Waals surface area contributed by atoms with Crippen molar-refractivity contribution in [2.24, 2.45) is 0 Å². The summed E-state index contributed by atoms with van der Waals surface area (Å²) in [5.41, 5.74) is 0. The summed E-state index contributed by atoms with van der Waals surface area (Å²) >= 11 is 29.8. The van der Waals surface area contributed by atoms with E-state index in [1.165, 1.54) is 0 Å². The van der Waals surface area contributed by atoms with Gasteiger partial charge in [-0.2, -0.15) is 0 Å². The van der Waals surface area contributed by atoms with Gasteiger partial charge in [0.2, 0.25) is 0 Å². The van der Waals surface area contributed by atoms with Crippen molar-refractivity contribution in [3.63, 3.8) is 0 Å². The fraction of sp³-hybridized carbons (Fsp3) is 1.00. The average Bonchev–Trinajstić information content (AvgIpc) is 1.62. The summed E-state index contributed by atoms with van der Waals surface area (Å²) in [5.74, 6) is 0. The van der Waals surface area contributed by atoms with Crippen LogP contribution in [0.15, 0.2) is 0 Å². The third-order valence-corrected chi connectivity index (χ3v) is 34.4. The molecule has 0 saturated heterocycles. The van der Waals surface area contributed by atoms with Crippen molar-refractivity contribution in [3.05, 3.63) is 0 Å². The van der Waals surface area contributed by atoms with Gasteiger partial charge in [-0.3, -0.25) is 0 Å². The highest BCUT2D eigenvalue weighted by Gasteiger charge is 2.05. The van der Waals surface area contributed by atoms with Crippen LogP contribution >= 0.6 is 0 Å². The second-order valence-corrected chi connectivity index (χ2v) is 27.6. The lowest BCUT2D eigenvalue weighted by Crippen LogP contribution is -2.07. The summed E-state index contributed by atoms with van der Waals surface area (Å²) < 4.78 is 0. The van der Waals surface area contributed by atoms with E-state index < -0.39 is 18.4 Å². The number of rotatable bonds is 2. The van der Waals surface area contributed by atoms with E-state index in [1.54, 1.807) is 6.26 Å². The molecule has 0 radical (unpaired) electrons. The van der Waals surface area contributed by atoms with Crippen LogP contribution in [0.25, 0.3) is 0 Å². The Bertz CT molecular complexity index is 360. The molecule has 0 N–H and O–H groups in total. The van der Waals surface area contributed by atoms with E-state index in [0.29, 0.717) is 0 Å². The smallest absolute Gasteiger partial charge is 0.0223 e. The molecule has 9 heteroatoms. The molecule has 0 aliphatic carbocycles. The van der Waals surface area contributed by atoms with Crippen molar-refractivity contribution >= 4 is 85.6 Å². The van der Waals surface area contributed by atoms with E-state index in [9.17, 15) is 0 Å². The van der Waals surface area contributed by atoms with Gasteiger partial charge in [0.15, 0.2) is 0 Å². The van der Waals surface area contributed by atoms with Crippen LogP contribution < -0.4 is 0 Å². The highest BCUT2D eigenvalue weighted by Crippen LogP contribution is 2.04. The SMILES string of the molecule is CS(=S)(=S)S(=S)(=S)[SH](=S)=S. The summed E-state index contributed by atoms with van der Waals surface area (Å²) in [5, 5.41) is -1.84. The molecule has 0 aromatic rings. The molecule has 0 heterocycles. The van der Waals surface area contributed by atoms with Gasteiger partial charge >= 0.3 is 0 Å². The highest BCUT2D eigenvalue weighted by atomic mass is 34.0. The molecule has 0 aliphatic rings. The Labute approximate surface area is 90.4 Å². The fourth-order valence-electron chi connectivity index (χ4n) is 0.111. The van der Waals surface area contributed by atoms with Crippen LogP contribution in [0.3, 0.4) is 0 Å². The third kappa shape index (κ3) is 3.02. The van der Waals surface area contributed by atoms with Crippen LogP contribution in [-0.4, -0.2) is 6.26 Å². The molecular formula is CH4S9. The number of hydrogen-bond donors (Lipinski definition) is 1. The zero-order chi connectivity index (χ0) is 8.58. The molecular weight excluding hydrogens is 301 g/mol. The first-order valence-electron chi connectivity index (χ1n) is 1.79. The van der Waals surface area contributed by atoms with E-state index in [0.717, 1.165) is 0 Å². The van der Waals surface area contributed by atoms with Crippen LogP contribution in [0.1, 0.15) is 0 Å². The molecule has 0 fully saturated rings. The van der Waals surface area contributed by atoms with Gasteiger partial charge in [0, 0.05) is 11.5 Å². The van der Waals surface area contributed by atoms with E-state index in [4.69, 9.17) is 67.1 Å². The molecule has 0 aromatic carbocycles. The molecule has 0 aromatic heterocycles. The maximum absolute atomic E-state index is 5.05. The van der Waals surface area contributed by atoms with Gasteiger partial charge in [-0.1, -0.05) is 0 Å². The average molecular weight is 305 g/mol. The molecule has 0 amide bonds. The first kappa shape index (κ1) is 12.4. The summed E-state index contributed by atoms with van der Waals surface area (Å²) in [6, 6.07) is 0. The van der Waals surface area contributed by atoms with Crippen molar-refractivity contribution in [3.8, 4) is 0 Å². The Morgan fingerprint density at radius 1 is 1.00 bits per heavy atom. The van der Waals surface area contributed by atoms with E-state index in [-0.39, 0.29) is 0 Å². The largest absolute Gasteiger partial charge is 0.0381 e. The predicted octanol–water partition coefficient (Wildman–Crippen LogP) is -0.124. The van der Waals surface area contributed by atoms with Gasteiger partial charge in [0.05, 0.1) is 0 Å². The minimum Gasteiger partial charge on any atom is -0.0381 e. The van der Waals surface area contributed by atoms with Gasteiger partial charge in [0.25, 0.3) is 0 Å². The van der Waals surface area contributed by atoms with Gasteiger partial charge in [0.1, 0.15) is 0 Å². The van der Waals surface area contributed by atoms with Crippen LogP contribution in [0, 0.1) is 0 Å². The van der Waals surface area contributed by atoms with E-state index in [1.807, 2.05) is 0 Å². The van der Waals surface area contributed by atoms with Crippen molar-refractivity contribution in [2.75, 3.05) is 6.26 Å². The van der Waals surface area contributed by atoms with Gasteiger partial charge in [-0.25, -0.2) is 0 Å². The molecule has 0 saturated carbocycles. The molecule has 0 bridgehead atoms. The second-order valence-electron chi connectivity index (χ2n) is 1.36. The molecule has 0 rings (SSSR count). The molecule has 0 atom stereocenters. The van der Waals surface area contributed by atoms with Gasteiger partial charge in [-0.15, -0.1) is 0 Å². The summed E-state index contributed by atoms with van der Waals surface area (Å²) in [7, 11) is -1.12. The maximum atomic E-state index is 5.05. The predicted molar refractivity (Wildman–Crippen MR) is 73.6 cm³/mol. The van der Waals surface area contributed by atoms with E-state index >= 15 is 0 Å². The standard InChI is InChI=1S/CH4S9/c1-9(4,5)10(6,7)8(2)3/h8H,1H3. The molecule has 0 nitrogen and oxygen atoms in total. The van der Waals surface area contributed by atoms with Crippen LogP contribution in [0.5, 0.6) is 0 Å². The number of hydrogen-bond acceptors (Lipinski definition) is 6. The Kier molecular flexibility index (Phi) is 5.01.